The Bertz CT molecular complexity index is 2800. The van der Waals surface area contributed by atoms with E-state index in [0.717, 1.165) is 32.1 Å². The van der Waals surface area contributed by atoms with E-state index >= 15 is 0 Å². The summed E-state index contributed by atoms with van der Waals surface area (Å²) in [7, 11) is 0. The summed E-state index contributed by atoms with van der Waals surface area (Å²) < 4.78 is 67.2. The number of hydrogen-bond donors (Lipinski definition) is 3. The molecule has 2 aliphatic rings. The molecule has 2 fully saturated rings. The van der Waals surface area contributed by atoms with Crippen molar-refractivity contribution in [2.45, 2.75) is 36.8 Å². The molecule has 0 aliphatic carbocycles. The predicted octanol–water partition coefficient (Wildman–Crippen LogP) is 6.14. The first-order chi connectivity index (χ1) is 33.2. The Morgan fingerprint density at radius 3 is 1.38 bits per heavy atom. The molecule has 69 heavy (non-hydrogen) atoms. The molecular formula is C50H43F4N9O6. The van der Waals surface area contributed by atoms with E-state index in [4.69, 9.17) is 9.47 Å². The van der Waals surface area contributed by atoms with Crippen LogP contribution in [0.4, 0.5) is 17.6 Å². The Balaban J connectivity index is 0.773. The first-order valence-electron chi connectivity index (χ1n) is 21.9. The third-order valence-electron chi connectivity index (χ3n) is 11.7. The summed E-state index contributed by atoms with van der Waals surface area (Å²) in [5, 5.41) is 27.8. The maximum Gasteiger partial charge on any atom is 0.268 e. The van der Waals surface area contributed by atoms with Gasteiger partial charge in [-0.05, 0) is 82.9 Å². The molecule has 0 spiro atoms. The van der Waals surface area contributed by atoms with Gasteiger partial charge in [-0.1, -0.05) is 36.4 Å². The second-order valence-electron chi connectivity index (χ2n) is 16.5. The fourth-order valence-electron chi connectivity index (χ4n) is 8.24. The second-order valence-corrected chi connectivity index (χ2v) is 16.5. The first-order valence-corrected chi connectivity index (χ1v) is 21.9. The van der Waals surface area contributed by atoms with Crippen LogP contribution >= 0.6 is 0 Å². The molecule has 2 aliphatic heterocycles. The van der Waals surface area contributed by atoms with Crippen LogP contribution in [0.2, 0.25) is 0 Å². The van der Waals surface area contributed by atoms with Crippen molar-refractivity contribution in [1.29, 1.82) is 10.5 Å². The van der Waals surface area contributed by atoms with E-state index in [1.807, 2.05) is 60.7 Å². The maximum atomic E-state index is 13.8. The van der Waals surface area contributed by atoms with E-state index in [9.17, 15) is 47.3 Å². The number of nitrogens with zero attached hydrogens (tertiary/aromatic N) is 6. The molecule has 8 rings (SSSR count). The molecule has 0 unspecified atom stereocenters. The summed E-state index contributed by atoms with van der Waals surface area (Å²) in [6.07, 6.45) is 1.45. The van der Waals surface area contributed by atoms with Gasteiger partial charge in [-0.3, -0.25) is 29.1 Å². The standard InChI is InChI=1S/C50H43F4N9O6/c51-49(52)23-35(25-55)62(29-49)45(64)27-60-47(66)39-13-15-58-43-11-5-33(21-41(39)43)31-1-7-37(8-2-31)68-19-17-57-18-20-69-38-9-3-32(4-10-38)34-6-12-44-42(22-34)40(14-16-59-44)48(67)61-28-46(65)63-30-50(53,54)24-36(63)26-56/h1-16,21-22,35-36,57H,17-20,23-24,27-30H2,(H,60,66)(H,61,67)/t35-,36-/m0/s1. The van der Waals surface area contributed by atoms with Gasteiger partial charge in [-0.15, -0.1) is 0 Å². The van der Waals surface area contributed by atoms with Crippen molar-refractivity contribution in [3.05, 3.63) is 121 Å². The van der Waals surface area contributed by atoms with Gasteiger partial charge in [-0.25, -0.2) is 17.6 Å². The van der Waals surface area contributed by atoms with Gasteiger partial charge < -0.3 is 35.2 Å². The summed E-state index contributed by atoms with van der Waals surface area (Å²) in [4.78, 5) is 62.0. The van der Waals surface area contributed by atoms with Crippen molar-refractivity contribution in [3.8, 4) is 45.9 Å². The fraction of sp³-hybridized carbons (Fsp3) is 0.280. The van der Waals surface area contributed by atoms with Gasteiger partial charge in [-0.2, -0.15) is 10.5 Å². The fourth-order valence-corrected chi connectivity index (χ4v) is 8.24. The number of nitriles is 2. The highest BCUT2D eigenvalue weighted by molar-refractivity contribution is 6.08. The zero-order chi connectivity index (χ0) is 48.7. The van der Waals surface area contributed by atoms with Crippen LogP contribution in [0.1, 0.15) is 33.6 Å². The smallest absolute Gasteiger partial charge is 0.268 e. The summed E-state index contributed by atoms with van der Waals surface area (Å²) in [5.41, 5.74) is 4.87. The van der Waals surface area contributed by atoms with Crippen molar-refractivity contribution in [2.24, 2.45) is 0 Å². The third-order valence-corrected chi connectivity index (χ3v) is 11.7. The molecule has 2 aromatic heterocycles. The molecule has 352 valence electrons. The van der Waals surface area contributed by atoms with Crippen LogP contribution in [0.15, 0.2) is 109 Å². The van der Waals surface area contributed by atoms with Crippen LogP contribution in [0.25, 0.3) is 44.1 Å². The van der Waals surface area contributed by atoms with Crippen molar-refractivity contribution in [1.82, 2.24) is 35.7 Å². The lowest BCUT2D eigenvalue weighted by molar-refractivity contribution is -0.132. The van der Waals surface area contributed by atoms with Gasteiger partial charge in [0.15, 0.2) is 0 Å². The summed E-state index contributed by atoms with van der Waals surface area (Å²) in [5.74, 6) is -7.73. The number of carbonyl (C=O) groups excluding carboxylic acids is 4. The quantitative estimate of drug-likeness (QED) is 0.0743. The number of carbonyl (C=O) groups is 4. The average molecular weight is 942 g/mol. The Morgan fingerprint density at radius 1 is 0.594 bits per heavy atom. The normalized spacial score (nSPS) is 17.0. The molecule has 19 heteroatoms. The van der Waals surface area contributed by atoms with Crippen molar-refractivity contribution < 1.29 is 46.2 Å². The molecule has 6 aromatic rings. The Morgan fingerprint density at radius 2 is 0.986 bits per heavy atom. The molecule has 2 saturated heterocycles. The van der Waals surface area contributed by atoms with Crippen LogP contribution in [-0.4, -0.2) is 120 Å². The minimum absolute atomic E-state index is 0.248. The molecule has 4 aromatic carbocycles. The van der Waals surface area contributed by atoms with Crippen molar-refractivity contribution in [3.63, 3.8) is 0 Å². The number of likely N-dealkylation sites (tertiary alicyclic amines) is 2. The molecule has 4 amide bonds. The first kappa shape index (κ1) is 47.3. The number of pyridine rings is 2. The summed E-state index contributed by atoms with van der Waals surface area (Å²) in [6.45, 7) is -0.950. The van der Waals surface area contributed by atoms with Crippen LogP contribution in [0.3, 0.4) is 0 Å². The van der Waals surface area contributed by atoms with E-state index < -0.39 is 86.6 Å². The number of rotatable bonds is 16. The minimum atomic E-state index is -3.16. The Kier molecular flexibility index (Phi) is 14.0. The number of nitrogens with one attached hydrogen (secondary N) is 3. The SMILES string of the molecule is N#C[C@@H]1CC(F)(F)CN1C(=O)CNC(=O)c1ccnc2ccc(-c3ccc(OCCNCCOc4ccc(-c5ccc6nccc(C(=O)NCC(=O)N7CC(F)(F)C[C@H]7C#N)c6c5)cc4)cc3)cc12. The molecular weight excluding hydrogens is 899 g/mol. The van der Waals surface area contributed by atoms with E-state index in [1.54, 1.807) is 36.4 Å². The highest BCUT2D eigenvalue weighted by Gasteiger charge is 2.48. The molecule has 0 bridgehead atoms. The van der Waals surface area contributed by atoms with Crippen LogP contribution in [-0.2, 0) is 9.59 Å². The summed E-state index contributed by atoms with van der Waals surface area (Å²) in [6, 6.07) is 29.7. The zero-order valence-electron chi connectivity index (χ0n) is 36.8. The molecule has 3 N–H and O–H groups in total. The number of aromatic nitrogens is 2. The highest BCUT2D eigenvalue weighted by Crippen LogP contribution is 2.34. The van der Waals surface area contributed by atoms with Crippen LogP contribution in [0, 0.1) is 22.7 Å². The third kappa shape index (κ3) is 11.2. The van der Waals surface area contributed by atoms with Crippen molar-refractivity contribution >= 4 is 45.4 Å². The van der Waals surface area contributed by atoms with Gasteiger partial charge >= 0.3 is 0 Å². The number of halogens is 4. The van der Waals surface area contributed by atoms with E-state index in [1.165, 1.54) is 24.5 Å². The Hall–Kier alpha value is -8.16. The van der Waals surface area contributed by atoms with Gasteiger partial charge in [0.1, 0.15) is 36.8 Å². The maximum absolute atomic E-state index is 13.8. The second kappa shape index (κ2) is 20.4. The lowest BCUT2D eigenvalue weighted by Gasteiger charge is -2.19. The number of alkyl halides is 4. The van der Waals surface area contributed by atoms with Crippen LogP contribution < -0.4 is 25.4 Å². The van der Waals surface area contributed by atoms with Gasteiger partial charge in [0.2, 0.25) is 11.8 Å². The largest absolute Gasteiger partial charge is 0.492 e. The Labute approximate surface area is 392 Å². The van der Waals surface area contributed by atoms with E-state index in [-0.39, 0.29) is 11.1 Å². The molecule has 2 atom stereocenters. The lowest BCUT2D eigenvalue weighted by atomic mass is 10.0. The van der Waals surface area contributed by atoms with Crippen LogP contribution in [0.5, 0.6) is 11.5 Å². The van der Waals surface area contributed by atoms with E-state index in [0.29, 0.717) is 59.6 Å². The highest BCUT2D eigenvalue weighted by atomic mass is 19.3. The number of hydrogen-bond acceptors (Lipinski definition) is 11. The number of ether oxygens (including phenoxy) is 2. The molecule has 0 saturated carbocycles. The minimum Gasteiger partial charge on any atom is -0.492 e. The van der Waals surface area contributed by atoms with Gasteiger partial charge in [0, 0.05) is 49.1 Å². The topological polar surface area (TPSA) is 203 Å². The lowest BCUT2D eigenvalue weighted by Crippen LogP contribution is -2.43. The van der Waals surface area contributed by atoms with Crippen molar-refractivity contribution in [2.75, 3.05) is 52.5 Å². The van der Waals surface area contributed by atoms with Gasteiger partial charge in [0.05, 0.1) is 60.5 Å². The van der Waals surface area contributed by atoms with Gasteiger partial charge in [0.25, 0.3) is 23.7 Å². The van der Waals surface area contributed by atoms with E-state index in [2.05, 4.69) is 25.9 Å². The number of benzene rings is 4. The monoisotopic (exact) mass is 941 g/mol. The molecule has 0 radical (unpaired) electrons. The average Bonchev–Trinajstić information content (AvgIpc) is 3.87. The zero-order valence-corrected chi connectivity index (χ0v) is 36.8. The number of amides is 4. The molecule has 15 nitrogen and oxygen atoms in total. The molecule has 4 heterocycles. The number of fused-ring (bicyclic) bond motifs is 2. The summed E-state index contributed by atoms with van der Waals surface area (Å²) >= 11 is 0. The predicted molar refractivity (Wildman–Crippen MR) is 244 cm³/mol.